The molecule has 2 N–H and O–H groups in total. The van der Waals surface area contributed by atoms with Crippen LogP contribution in [0.15, 0.2) is 42.5 Å². The Morgan fingerprint density at radius 1 is 1.14 bits per heavy atom. The van der Waals surface area contributed by atoms with E-state index in [-0.39, 0.29) is 11.9 Å². The molecular formula is C17H19IN2O. The van der Waals surface area contributed by atoms with Gasteiger partial charge >= 0.3 is 0 Å². The number of amides is 1. The number of benzene rings is 2. The summed E-state index contributed by atoms with van der Waals surface area (Å²) < 4.78 is 1.22. The SMILES string of the molecule is CNC(=O)c1ccc(C)c(NC(C)c2ccc(I)cc2)c1. The van der Waals surface area contributed by atoms with Gasteiger partial charge in [-0.05, 0) is 71.8 Å². The summed E-state index contributed by atoms with van der Waals surface area (Å²) in [6.07, 6.45) is 0. The number of carbonyl (C=O) groups is 1. The van der Waals surface area contributed by atoms with Gasteiger partial charge in [0, 0.05) is 27.9 Å². The van der Waals surface area contributed by atoms with Crippen LogP contribution in [0.3, 0.4) is 0 Å². The zero-order chi connectivity index (χ0) is 15.4. The molecule has 0 aromatic heterocycles. The van der Waals surface area contributed by atoms with Crippen molar-refractivity contribution in [3.63, 3.8) is 0 Å². The number of hydrogen-bond acceptors (Lipinski definition) is 2. The Morgan fingerprint density at radius 3 is 2.43 bits per heavy atom. The quantitative estimate of drug-likeness (QED) is 0.766. The first-order chi connectivity index (χ1) is 10.0. The molecule has 1 amide bonds. The number of carbonyl (C=O) groups excluding carboxylic acids is 1. The molecule has 0 radical (unpaired) electrons. The topological polar surface area (TPSA) is 41.1 Å². The summed E-state index contributed by atoms with van der Waals surface area (Å²) in [5.41, 5.74) is 4.00. The maximum atomic E-state index is 11.7. The highest BCUT2D eigenvalue weighted by Crippen LogP contribution is 2.24. The normalized spacial score (nSPS) is 11.8. The molecule has 2 aromatic carbocycles. The van der Waals surface area contributed by atoms with Crippen molar-refractivity contribution >= 4 is 34.2 Å². The lowest BCUT2D eigenvalue weighted by atomic mass is 10.1. The first-order valence-corrected chi connectivity index (χ1v) is 7.94. The Hall–Kier alpha value is -1.56. The van der Waals surface area contributed by atoms with E-state index in [1.807, 2.05) is 25.1 Å². The molecule has 0 spiro atoms. The monoisotopic (exact) mass is 394 g/mol. The molecule has 0 saturated carbocycles. The highest BCUT2D eigenvalue weighted by atomic mass is 127. The van der Waals surface area contributed by atoms with Crippen molar-refractivity contribution in [1.82, 2.24) is 5.32 Å². The van der Waals surface area contributed by atoms with Crippen molar-refractivity contribution < 1.29 is 4.79 Å². The molecule has 0 fully saturated rings. The molecule has 4 heteroatoms. The predicted molar refractivity (Wildman–Crippen MR) is 95.8 cm³/mol. The smallest absolute Gasteiger partial charge is 0.251 e. The molecule has 0 aliphatic rings. The molecule has 21 heavy (non-hydrogen) atoms. The van der Waals surface area contributed by atoms with Gasteiger partial charge < -0.3 is 10.6 Å². The Morgan fingerprint density at radius 2 is 1.81 bits per heavy atom. The third-order valence-corrected chi connectivity index (χ3v) is 4.19. The molecule has 2 rings (SSSR count). The fraction of sp³-hybridized carbons (Fsp3) is 0.235. The van der Waals surface area contributed by atoms with E-state index in [0.29, 0.717) is 5.56 Å². The maximum absolute atomic E-state index is 11.7. The Balaban J connectivity index is 2.22. The van der Waals surface area contributed by atoms with Crippen molar-refractivity contribution in [3.8, 4) is 0 Å². The largest absolute Gasteiger partial charge is 0.378 e. The molecular weight excluding hydrogens is 375 g/mol. The number of halogens is 1. The molecule has 1 atom stereocenters. The molecule has 2 aromatic rings. The van der Waals surface area contributed by atoms with E-state index >= 15 is 0 Å². The third-order valence-electron chi connectivity index (χ3n) is 3.47. The van der Waals surface area contributed by atoms with Crippen molar-refractivity contribution in [1.29, 1.82) is 0 Å². The van der Waals surface area contributed by atoms with Crippen molar-refractivity contribution in [2.45, 2.75) is 19.9 Å². The van der Waals surface area contributed by atoms with Crippen LogP contribution in [-0.2, 0) is 0 Å². The third kappa shape index (κ3) is 3.97. The van der Waals surface area contributed by atoms with Crippen molar-refractivity contribution in [2.75, 3.05) is 12.4 Å². The number of hydrogen-bond donors (Lipinski definition) is 2. The molecule has 0 aliphatic carbocycles. The van der Waals surface area contributed by atoms with E-state index < -0.39 is 0 Å². The molecule has 0 heterocycles. The van der Waals surface area contributed by atoms with Crippen molar-refractivity contribution in [2.24, 2.45) is 0 Å². The van der Waals surface area contributed by atoms with Gasteiger partial charge in [-0.2, -0.15) is 0 Å². The molecule has 0 saturated heterocycles. The lowest BCUT2D eigenvalue weighted by molar-refractivity contribution is 0.0963. The first kappa shape index (κ1) is 15.8. The fourth-order valence-electron chi connectivity index (χ4n) is 2.13. The minimum Gasteiger partial charge on any atom is -0.378 e. The summed E-state index contributed by atoms with van der Waals surface area (Å²) in [7, 11) is 1.64. The van der Waals surface area contributed by atoms with Crippen LogP contribution in [0.5, 0.6) is 0 Å². The van der Waals surface area contributed by atoms with Gasteiger partial charge in [0.15, 0.2) is 0 Å². The molecule has 0 aliphatic heterocycles. The Bertz CT molecular complexity index is 638. The minimum absolute atomic E-state index is 0.0695. The van der Waals surface area contributed by atoms with Crippen LogP contribution in [0.2, 0.25) is 0 Å². The van der Waals surface area contributed by atoms with Crippen LogP contribution in [0, 0.1) is 10.5 Å². The summed E-state index contributed by atoms with van der Waals surface area (Å²) in [5.74, 6) is -0.0695. The van der Waals surface area contributed by atoms with Crippen LogP contribution in [0.1, 0.15) is 34.5 Å². The fourth-order valence-corrected chi connectivity index (χ4v) is 2.49. The van der Waals surface area contributed by atoms with E-state index in [1.165, 1.54) is 9.13 Å². The number of anilines is 1. The molecule has 110 valence electrons. The zero-order valence-electron chi connectivity index (χ0n) is 12.4. The summed E-state index contributed by atoms with van der Waals surface area (Å²) in [5, 5.41) is 6.13. The van der Waals surface area contributed by atoms with Gasteiger partial charge in [0.2, 0.25) is 0 Å². The first-order valence-electron chi connectivity index (χ1n) is 6.86. The van der Waals surface area contributed by atoms with Crippen LogP contribution >= 0.6 is 22.6 Å². The Labute approximate surface area is 139 Å². The van der Waals surface area contributed by atoms with Gasteiger partial charge in [-0.3, -0.25) is 4.79 Å². The lowest BCUT2D eigenvalue weighted by Gasteiger charge is -2.18. The average Bonchev–Trinajstić information content (AvgIpc) is 2.49. The van der Waals surface area contributed by atoms with Gasteiger partial charge in [-0.1, -0.05) is 18.2 Å². The van der Waals surface area contributed by atoms with Crippen molar-refractivity contribution in [3.05, 3.63) is 62.7 Å². The summed E-state index contributed by atoms with van der Waals surface area (Å²) >= 11 is 2.30. The predicted octanol–water partition coefficient (Wildman–Crippen LogP) is 4.13. The second-order valence-corrected chi connectivity index (χ2v) is 6.27. The summed E-state index contributed by atoms with van der Waals surface area (Å²) in [6.45, 7) is 4.16. The minimum atomic E-state index is -0.0695. The maximum Gasteiger partial charge on any atom is 0.251 e. The van der Waals surface area contributed by atoms with Gasteiger partial charge in [0.1, 0.15) is 0 Å². The number of rotatable bonds is 4. The Kier molecular flexibility index (Phi) is 5.22. The van der Waals surface area contributed by atoms with E-state index in [2.05, 4.69) is 64.4 Å². The van der Waals surface area contributed by atoms with E-state index in [1.54, 1.807) is 7.05 Å². The summed E-state index contributed by atoms with van der Waals surface area (Å²) in [4.78, 5) is 11.7. The number of nitrogens with one attached hydrogen (secondary N) is 2. The van der Waals surface area contributed by atoms with Crippen LogP contribution in [0.4, 0.5) is 5.69 Å². The van der Waals surface area contributed by atoms with Gasteiger partial charge in [-0.15, -0.1) is 0 Å². The highest BCUT2D eigenvalue weighted by Gasteiger charge is 2.10. The van der Waals surface area contributed by atoms with Gasteiger partial charge in [-0.25, -0.2) is 0 Å². The van der Waals surface area contributed by atoms with Crippen LogP contribution in [-0.4, -0.2) is 13.0 Å². The second-order valence-electron chi connectivity index (χ2n) is 5.03. The van der Waals surface area contributed by atoms with Crippen LogP contribution < -0.4 is 10.6 Å². The zero-order valence-corrected chi connectivity index (χ0v) is 14.6. The lowest BCUT2D eigenvalue weighted by Crippen LogP contribution is -2.18. The molecule has 0 bridgehead atoms. The van der Waals surface area contributed by atoms with E-state index in [4.69, 9.17) is 0 Å². The highest BCUT2D eigenvalue weighted by molar-refractivity contribution is 14.1. The van der Waals surface area contributed by atoms with E-state index in [9.17, 15) is 4.79 Å². The van der Waals surface area contributed by atoms with E-state index in [0.717, 1.165) is 11.3 Å². The molecule has 3 nitrogen and oxygen atoms in total. The summed E-state index contributed by atoms with van der Waals surface area (Å²) in [6, 6.07) is 14.3. The van der Waals surface area contributed by atoms with Gasteiger partial charge in [0.25, 0.3) is 5.91 Å². The van der Waals surface area contributed by atoms with Crippen LogP contribution in [0.25, 0.3) is 0 Å². The molecule has 1 unspecified atom stereocenters. The second kappa shape index (κ2) is 6.93. The average molecular weight is 394 g/mol. The number of aryl methyl sites for hydroxylation is 1. The standard InChI is InChI=1S/C17H19IN2O/c1-11-4-5-14(17(21)19-3)10-16(11)20-12(2)13-6-8-15(18)9-7-13/h4-10,12,20H,1-3H3,(H,19,21). The van der Waals surface area contributed by atoms with Gasteiger partial charge in [0.05, 0.1) is 0 Å².